The summed E-state index contributed by atoms with van der Waals surface area (Å²) in [7, 11) is 0. The molecule has 1 aromatic carbocycles. The molecule has 0 radical (unpaired) electrons. The third-order valence-corrected chi connectivity index (χ3v) is 4.72. The molecule has 1 atom stereocenters. The van der Waals surface area contributed by atoms with Crippen LogP contribution in [-0.2, 0) is 0 Å². The lowest BCUT2D eigenvalue weighted by molar-refractivity contribution is 0.0704. The number of nitrogens with two attached hydrogens (primary N) is 1. The van der Waals surface area contributed by atoms with Crippen molar-refractivity contribution in [3.05, 3.63) is 40.9 Å². The summed E-state index contributed by atoms with van der Waals surface area (Å²) in [5, 5.41) is 2.75. The van der Waals surface area contributed by atoms with Crippen molar-refractivity contribution in [2.24, 2.45) is 5.73 Å². The molecule has 2 N–H and O–H groups in total. The van der Waals surface area contributed by atoms with Gasteiger partial charge in [0.1, 0.15) is 10.7 Å². The van der Waals surface area contributed by atoms with E-state index < -0.39 is 0 Å². The molecule has 0 saturated carbocycles. The van der Waals surface area contributed by atoms with Crippen LogP contribution in [0.3, 0.4) is 0 Å². The summed E-state index contributed by atoms with van der Waals surface area (Å²) >= 11 is 1.52. The van der Waals surface area contributed by atoms with E-state index in [0.29, 0.717) is 12.2 Å². The minimum absolute atomic E-state index is 0. The van der Waals surface area contributed by atoms with Gasteiger partial charge in [0.05, 0.1) is 0 Å². The zero-order chi connectivity index (χ0) is 14.8. The zero-order valence-electron chi connectivity index (χ0n) is 12.5. The Morgan fingerprint density at radius 3 is 2.91 bits per heavy atom. The van der Waals surface area contributed by atoms with Crippen LogP contribution in [0.15, 0.2) is 29.6 Å². The lowest BCUT2D eigenvalue weighted by atomic mass is 10.1. The van der Waals surface area contributed by atoms with Crippen LogP contribution in [0.2, 0.25) is 0 Å². The minimum Gasteiger partial charge on any atom is -0.336 e. The maximum Gasteiger partial charge on any atom is 0.273 e. The van der Waals surface area contributed by atoms with E-state index in [1.807, 2.05) is 28.5 Å². The number of carbonyl (C=O) groups excluding carboxylic acids is 1. The molecule has 1 fully saturated rings. The molecule has 1 saturated heterocycles. The predicted molar refractivity (Wildman–Crippen MR) is 92.6 cm³/mol. The maximum absolute atomic E-state index is 12.5. The van der Waals surface area contributed by atoms with Gasteiger partial charge in [-0.15, -0.1) is 23.7 Å². The maximum atomic E-state index is 12.5. The number of nitrogens with zero attached hydrogens (tertiary/aromatic N) is 2. The van der Waals surface area contributed by atoms with Crippen molar-refractivity contribution in [2.75, 3.05) is 13.1 Å². The summed E-state index contributed by atoms with van der Waals surface area (Å²) in [5.74, 6) is 0.00114. The molecule has 0 spiro atoms. The van der Waals surface area contributed by atoms with E-state index in [-0.39, 0.29) is 24.4 Å². The van der Waals surface area contributed by atoms with Gasteiger partial charge in [0.2, 0.25) is 0 Å². The molecule has 2 aromatic rings. The summed E-state index contributed by atoms with van der Waals surface area (Å²) in [6, 6.07) is 8.20. The van der Waals surface area contributed by atoms with Crippen LogP contribution in [0.25, 0.3) is 10.6 Å². The highest BCUT2D eigenvalue weighted by atomic mass is 35.5. The normalized spacial score (nSPS) is 17.9. The van der Waals surface area contributed by atoms with Crippen LogP contribution in [0.4, 0.5) is 0 Å². The fourth-order valence-corrected chi connectivity index (χ4v) is 3.55. The average Bonchev–Trinajstić information content (AvgIpc) is 2.96. The quantitative estimate of drug-likeness (QED) is 0.916. The van der Waals surface area contributed by atoms with Crippen LogP contribution in [0, 0.1) is 6.92 Å². The molecule has 118 valence electrons. The number of benzene rings is 1. The van der Waals surface area contributed by atoms with Crippen LogP contribution in [-0.4, -0.2) is 34.9 Å². The van der Waals surface area contributed by atoms with Gasteiger partial charge in [0.25, 0.3) is 5.91 Å². The van der Waals surface area contributed by atoms with Crippen molar-refractivity contribution >= 4 is 29.7 Å². The van der Waals surface area contributed by atoms with Crippen LogP contribution < -0.4 is 5.73 Å². The standard InChI is InChI=1S/C16H19N3OS.ClH/c1-11-5-2-3-7-13(11)15-18-14(10-21-15)16(20)19-8-4-6-12(17)9-19;/h2-3,5,7,10,12H,4,6,8-9,17H2,1H3;1H. The van der Waals surface area contributed by atoms with Gasteiger partial charge in [-0.05, 0) is 25.3 Å². The highest BCUT2D eigenvalue weighted by Gasteiger charge is 2.24. The Kier molecular flexibility index (Phi) is 5.56. The largest absolute Gasteiger partial charge is 0.336 e. The molecule has 2 heterocycles. The van der Waals surface area contributed by atoms with Gasteiger partial charge in [-0.3, -0.25) is 4.79 Å². The van der Waals surface area contributed by atoms with Crippen molar-refractivity contribution in [3.63, 3.8) is 0 Å². The van der Waals surface area contributed by atoms with Crippen molar-refractivity contribution in [1.29, 1.82) is 0 Å². The third-order valence-electron chi connectivity index (χ3n) is 3.84. The fourth-order valence-electron chi connectivity index (χ4n) is 2.66. The van der Waals surface area contributed by atoms with Crippen molar-refractivity contribution in [1.82, 2.24) is 9.88 Å². The number of piperidine rings is 1. The van der Waals surface area contributed by atoms with E-state index in [9.17, 15) is 4.79 Å². The molecular formula is C16H20ClN3OS. The monoisotopic (exact) mass is 337 g/mol. The van der Waals surface area contributed by atoms with Gasteiger partial charge in [-0.25, -0.2) is 4.98 Å². The number of hydrogen-bond acceptors (Lipinski definition) is 4. The van der Waals surface area contributed by atoms with E-state index in [4.69, 9.17) is 5.73 Å². The van der Waals surface area contributed by atoms with E-state index in [1.54, 1.807) is 0 Å². The second kappa shape index (κ2) is 7.22. The van der Waals surface area contributed by atoms with E-state index in [2.05, 4.69) is 18.0 Å². The van der Waals surface area contributed by atoms with E-state index >= 15 is 0 Å². The second-order valence-electron chi connectivity index (χ2n) is 5.51. The van der Waals surface area contributed by atoms with Crippen molar-refractivity contribution in [2.45, 2.75) is 25.8 Å². The zero-order valence-corrected chi connectivity index (χ0v) is 14.1. The van der Waals surface area contributed by atoms with Crippen molar-refractivity contribution < 1.29 is 4.79 Å². The summed E-state index contributed by atoms with van der Waals surface area (Å²) in [5.41, 5.74) is 8.75. The number of rotatable bonds is 2. The molecule has 6 heteroatoms. The highest BCUT2D eigenvalue weighted by Crippen LogP contribution is 2.27. The molecule has 1 unspecified atom stereocenters. The smallest absolute Gasteiger partial charge is 0.273 e. The number of halogens is 1. The van der Waals surface area contributed by atoms with Crippen LogP contribution in [0.1, 0.15) is 28.9 Å². The molecule has 1 aromatic heterocycles. The van der Waals surface area contributed by atoms with Gasteiger partial charge in [0, 0.05) is 30.1 Å². The SMILES string of the molecule is Cc1ccccc1-c1nc(C(=O)N2CCCC(N)C2)cs1.Cl. The number of aromatic nitrogens is 1. The van der Waals surface area contributed by atoms with Crippen LogP contribution in [0.5, 0.6) is 0 Å². The first-order valence-electron chi connectivity index (χ1n) is 7.21. The molecule has 1 aliphatic heterocycles. The number of carbonyl (C=O) groups is 1. The summed E-state index contributed by atoms with van der Waals surface area (Å²) in [6.45, 7) is 3.47. The Balaban J connectivity index is 0.00000176. The Labute approximate surface area is 140 Å². The highest BCUT2D eigenvalue weighted by molar-refractivity contribution is 7.13. The Bertz CT molecular complexity index is 658. The fraction of sp³-hybridized carbons (Fsp3) is 0.375. The molecule has 1 aliphatic rings. The molecule has 0 aliphatic carbocycles. The number of aryl methyl sites for hydroxylation is 1. The first-order valence-corrected chi connectivity index (χ1v) is 8.09. The third kappa shape index (κ3) is 3.48. The molecule has 3 rings (SSSR count). The Morgan fingerprint density at radius 2 is 2.18 bits per heavy atom. The van der Waals surface area contributed by atoms with Gasteiger partial charge < -0.3 is 10.6 Å². The van der Waals surface area contributed by atoms with Crippen LogP contribution >= 0.6 is 23.7 Å². The van der Waals surface area contributed by atoms with Gasteiger partial charge in [-0.1, -0.05) is 24.3 Å². The van der Waals surface area contributed by atoms with Gasteiger partial charge in [0.15, 0.2) is 0 Å². The average molecular weight is 338 g/mol. The first kappa shape index (κ1) is 16.9. The molecule has 0 bridgehead atoms. The lowest BCUT2D eigenvalue weighted by Crippen LogP contribution is -2.45. The van der Waals surface area contributed by atoms with Gasteiger partial charge in [-0.2, -0.15) is 0 Å². The number of hydrogen-bond donors (Lipinski definition) is 1. The minimum atomic E-state index is 0. The van der Waals surface area contributed by atoms with E-state index in [0.717, 1.165) is 30.0 Å². The van der Waals surface area contributed by atoms with Crippen molar-refractivity contribution in [3.8, 4) is 10.6 Å². The second-order valence-corrected chi connectivity index (χ2v) is 6.36. The number of amides is 1. The van der Waals surface area contributed by atoms with Gasteiger partial charge >= 0.3 is 0 Å². The first-order chi connectivity index (χ1) is 10.1. The molecular weight excluding hydrogens is 318 g/mol. The predicted octanol–water partition coefficient (Wildman–Crippen LogP) is 3.10. The number of thiazole rings is 1. The summed E-state index contributed by atoms with van der Waals surface area (Å²) in [6.07, 6.45) is 1.97. The Hall–Kier alpha value is -1.43. The Morgan fingerprint density at radius 1 is 1.41 bits per heavy atom. The summed E-state index contributed by atoms with van der Waals surface area (Å²) in [4.78, 5) is 18.8. The topological polar surface area (TPSA) is 59.2 Å². The molecule has 1 amide bonds. The lowest BCUT2D eigenvalue weighted by Gasteiger charge is -2.30. The molecule has 22 heavy (non-hydrogen) atoms. The van der Waals surface area contributed by atoms with E-state index in [1.165, 1.54) is 16.9 Å². The summed E-state index contributed by atoms with van der Waals surface area (Å²) < 4.78 is 0. The number of likely N-dealkylation sites (tertiary alicyclic amines) is 1. The molecule has 4 nitrogen and oxygen atoms in total.